The minimum atomic E-state index is -0.389. The molecule has 2 heterocycles. The van der Waals surface area contributed by atoms with Gasteiger partial charge >= 0.3 is 0 Å². The number of amides is 2. The summed E-state index contributed by atoms with van der Waals surface area (Å²) < 4.78 is 0. The lowest BCUT2D eigenvalue weighted by atomic mass is 10.1. The molecule has 1 saturated heterocycles. The fourth-order valence-corrected chi connectivity index (χ4v) is 3.31. The molecule has 1 fully saturated rings. The van der Waals surface area contributed by atoms with Gasteiger partial charge in [-0.3, -0.25) is 19.6 Å². The van der Waals surface area contributed by atoms with Gasteiger partial charge in [-0.1, -0.05) is 18.2 Å². The van der Waals surface area contributed by atoms with Crippen LogP contribution in [0.25, 0.3) is 10.9 Å². The molecule has 6 nitrogen and oxygen atoms in total. The summed E-state index contributed by atoms with van der Waals surface area (Å²) in [5.74, 6) is -0.0157. The van der Waals surface area contributed by atoms with Gasteiger partial charge in [0.25, 0.3) is 0 Å². The number of H-pyrrole nitrogens is 1. The van der Waals surface area contributed by atoms with Crippen LogP contribution in [-0.4, -0.2) is 28.6 Å². The van der Waals surface area contributed by atoms with Crippen LogP contribution in [0.2, 0.25) is 0 Å². The Bertz CT molecular complexity index is 1010. The third-order valence-corrected chi connectivity index (χ3v) is 4.98. The standard InChI is InChI=1S/C20H20N4O2/c1-12-7-8-15(9-13(12)2)21-20(26)14-10-18(25)24(11-14)19-16-5-3-4-6-17(16)22-23-19/h3-9,14H,10-11H2,1-2H3,(H,21,26)(H,22,23)/t14-/m1/s1. The molecule has 4 rings (SSSR count). The van der Waals surface area contributed by atoms with Crippen LogP contribution in [0.3, 0.4) is 0 Å². The van der Waals surface area contributed by atoms with Gasteiger partial charge < -0.3 is 5.32 Å². The van der Waals surface area contributed by atoms with E-state index in [0.717, 1.165) is 22.2 Å². The largest absolute Gasteiger partial charge is 0.326 e. The minimum Gasteiger partial charge on any atom is -0.326 e. The molecule has 2 amide bonds. The summed E-state index contributed by atoms with van der Waals surface area (Å²) >= 11 is 0. The van der Waals surface area contributed by atoms with E-state index in [1.165, 1.54) is 5.56 Å². The van der Waals surface area contributed by atoms with Crippen LogP contribution >= 0.6 is 0 Å². The lowest BCUT2D eigenvalue weighted by molar-refractivity contribution is -0.122. The summed E-state index contributed by atoms with van der Waals surface area (Å²) in [5.41, 5.74) is 3.93. The van der Waals surface area contributed by atoms with E-state index in [2.05, 4.69) is 15.5 Å². The monoisotopic (exact) mass is 348 g/mol. The third-order valence-electron chi connectivity index (χ3n) is 4.98. The highest BCUT2D eigenvalue weighted by Crippen LogP contribution is 2.30. The van der Waals surface area contributed by atoms with Gasteiger partial charge in [-0.25, -0.2) is 0 Å². The zero-order valence-corrected chi connectivity index (χ0v) is 14.7. The molecular weight excluding hydrogens is 328 g/mol. The van der Waals surface area contributed by atoms with Gasteiger partial charge in [-0.05, 0) is 49.2 Å². The SMILES string of the molecule is Cc1ccc(NC(=O)[C@@H]2CC(=O)N(c3n[nH]c4ccccc34)C2)cc1C. The molecule has 0 saturated carbocycles. The lowest BCUT2D eigenvalue weighted by Crippen LogP contribution is -2.28. The molecule has 0 unspecified atom stereocenters. The summed E-state index contributed by atoms with van der Waals surface area (Å²) in [7, 11) is 0. The van der Waals surface area contributed by atoms with Gasteiger partial charge in [0.15, 0.2) is 5.82 Å². The van der Waals surface area contributed by atoms with E-state index in [1.54, 1.807) is 4.90 Å². The highest BCUT2D eigenvalue weighted by atomic mass is 16.2. The van der Waals surface area contributed by atoms with Gasteiger partial charge in [0.2, 0.25) is 11.8 Å². The summed E-state index contributed by atoms with van der Waals surface area (Å²) in [6, 6.07) is 13.5. The van der Waals surface area contributed by atoms with Crippen molar-refractivity contribution in [2.75, 3.05) is 16.8 Å². The minimum absolute atomic E-state index is 0.0810. The van der Waals surface area contributed by atoms with Crippen molar-refractivity contribution in [3.8, 4) is 0 Å². The number of nitrogens with zero attached hydrogens (tertiary/aromatic N) is 2. The number of aromatic nitrogens is 2. The fourth-order valence-electron chi connectivity index (χ4n) is 3.31. The zero-order chi connectivity index (χ0) is 18.3. The van der Waals surface area contributed by atoms with Gasteiger partial charge in [0, 0.05) is 24.0 Å². The van der Waals surface area contributed by atoms with Gasteiger partial charge in [0.05, 0.1) is 11.4 Å². The van der Waals surface area contributed by atoms with Crippen molar-refractivity contribution in [1.29, 1.82) is 0 Å². The number of para-hydroxylation sites is 1. The highest BCUT2D eigenvalue weighted by Gasteiger charge is 2.36. The number of fused-ring (bicyclic) bond motifs is 1. The number of hydrogen-bond acceptors (Lipinski definition) is 3. The summed E-state index contributed by atoms with van der Waals surface area (Å²) in [6.07, 6.45) is 0.192. The summed E-state index contributed by atoms with van der Waals surface area (Å²) in [5, 5.41) is 11.0. The summed E-state index contributed by atoms with van der Waals surface area (Å²) in [4.78, 5) is 26.7. The second-order valence-corrected chi connectivity index (χ2v) is 6.79. The van der Waals surface area contributed by atoms with E-state index in [-0.39, 0.29) is 24.2 Å². The Balaban J connectivity index is 1.52. The van der Waals surface area contributed by atoms with E-state index in [4.69, 9.17) is 0 Å². The van der Waals surface area contributed by atoms with Crippen molar-refractivity contribution in [1.82, 2.24) is 10.2 Å². The first-order valence-electron chi connectivity index (χ1n) is 8.64. The lowest BCUT2D eigenvalue weighted by Gasteiger charge is -2.14. The first kappa shape index (κ1) is 16.3. The Morgan fingerprint density at radius 1 is 1.19 bits per heavy atom. The van der Waals surface area contributed by atoms with E-state index in [1.807, 2.05) is 56.3 Å². The van der Waals surface area contributed by atoms with E-state index in [0.29, 0.717) is 12.4 Å². The third kappa shape index (κ3) is 2.83. The predicted octanol–water partition coefficient (Wildman–Crippen LogP) is 3.17. The van der Waals surface area contributed by atoms with Crippen molar-refractivity contribution >= 4 is 34.2 Å². The number of carbonyl (C=O) groups is 2. The normalized spacial score (nSPS) is 17.1. The van der Waals surface area contributed by atoms with Crippen molar-refractivity contribution in [2.45, 2.75) is 20.3 Å². The number of aromatic amines is 1. The Hall–Kier alpha value is -3.15. The van der Waals surface area contributed by atoms with Crippen LogP contribution in [0.4, 0.5) is 11.5 Å². The molecule has 0 aliphatic carbocycles. The van der Waals surface area contributed by atoms with Crippen molar-refractivity contribution < 1.29 is 9.59 Å². The molecule has 6 heteroatoms. The topological polar surface area (TPSA) is 78.1 Å². The number of nitrogens with one attached hydrogen (secondary N) is 2. The van der Waals surface area contributed by atoms with Crippen LogP contribution in [0.5, 0.6) is 0 Å². The van der Waals surface area contributed by atoms with Crippen molar-refractivity contribution in [2.24, 2.45) is 5.92 Å². The average Bonchev–Trinajstić information content (AvgIpc) is 3.21. The van der Waals surface area contributed by atoms with Crippen molar-refractivity contribution in [3.05, 3.63) is 53.6 Å². The van der Waals surface area contributed by atoms with E-state index in [9.17, 15) is 9.59 Å². The number of hydrogen-bond donors (Lipinski definition) is 2. The molecule has 1 aliphatic rings. The maximum atomic E-state index is 12.6. The maximum Gasteiger partial charge on any atom is 0.229 e. The molecular formula is C20H20N4O2. The van der Waals surface area contributed by atoms with Crippen molar-refractivity contribution in [3.63, 3.8) is 0 Å². The maximum absolute atomic E-state index is 12.6. The van der Waals surface area contributed by atoms with Crippen LogP contribution < -0.4 is 10.2 Å². The molecule has 1 aromatic heterocycles. The number of carbonyl (C=O) groups excluding carboxylic acids is 2. The molecule has 0 bridgehead atoms. The van der Waals surface area contributed by atoms with Gasteiger partial charge in [-0.2, -0.15) is 5.10 Å². The quantitative estimate of drug-likeness (QED) is 0.763. The molecule has 3 aromatic rings. The fraction of sp³-hybridized carbons (Fsp3) is 0.250. The molecule has 0 radical (unpaired) electrons. The predicted molar refractivity (Wildman–Crippen MR) is 101 cm³/mol. The van der Waals surface area contributed by atoms with E-state index >= 15 is 0 Å². The molecule has 1 atom stereocenters. The Kier molecular flexibility index (Phi) is 3.95. The smallest absolute Gasteiger partial charge is 0.229 e. The zero-order valence-electron chi connectivity index (χ0n) is 14.7. The molecule has 1 aliphatic heterocycles. The number of rotatable bonds is 3. The van der Waals surface area contributed by atoms with E-state index < -0.39 is 0 Å². The number of benzene rings is 2. The van der Waals surface area contributed by atoms with Gasteiger partial charge in [0.1, 0.15) is 0 Å². The number of anilines is 2. The molecule has 132 valence electrons. The Morgan fingerprint density at radius 2 is 2.00 bits per heavy atom. The Labute approximate surface area is 151 Å². The second-order valence-electron chi connectivity index (χ2n) is 6.79. The second kappa shape index (κ2) is 6.29. The molecule has 2 N–H and O–H groups in total. The highest BCUT2D eigenvalue weighted by molar-refractivity contribution is 6.06. The first-order chi connectivity index (χ1) is 12.5. The summed E-state index contributed by atoms with van der Waals surface area (Å²) in [6.45, 7) is 4.38. The first-order valence-corrected chi connectivity index (χ1v) is 8.64. The van der Waals surface area contributed by atoms with Crippen LogP contribution in [-0.2, 0) is 9.59 Å². The molecule has 0 spiro atoms. The Morgan fingerprint density at radius 3 is 2.81 bits per heavy atom. The van der Waals surface area contributed by atoms with Gasteiger partial charge in [-0.15, -0.1) is 0 Å². The molecule has 26 heavy (non-hydrogen) atoms. The number of aryl methyl sites for hydroxylation is 2. The van der Waals surface area contributed by atoms with Crippen LogP contribution in [0.15, 0.2) is 42.5 Å². The van der Waals surface area contributed by atoms with Crippen LogP contribution in [0.1, 0.15) is 17.5 Å². The van der Waals surface area contributed by atoms with Crippen LogP contribution in [0, 0.1) is 19.8 Å². The molecule has 2 aromatic carbocycles. The average molecular weight is 348 g/mol.